The van der Waals surface area contributed by atoms with Crippen molar-refractivity contribution in [3.63, 3.8) is 0 Å². The monoisotopic (exact) mass is 359 g/mol. The van der Waals surface area contributed by atoms with E-state index in [9.17, 15) is 4.79 Å². The molecule has 0 spiro atoms. The van der Waals surface area contributed by atoms with Crippen LogP contribution in [0.3, 0.4) is 0 Å². The summed E-state index contributed by atoms with van der Waals surface area (Å²) in [4.78, 5) is 14.6. The van der Waals surface area contributed by atoms with E-state index in [1.165, 1.54) is 37.8 Å². The first-order valence-electron chi connectivity index (χ1n) is 10.2. The summed E-state index contributed by atoms with van der Waals surface area (Å²) in [6.07, 6.45) is 9.81. The molecule has 144 valence electrons. The van der Waals surface area contributed by atoms with Crippen LogP contribution in [0.15, 0.2) is 24.3 Å². The molecule has 1 saturated carbocycles. The van der Waals surface area contributed by atoms with Gasteiger partial charge in [0.25, 0.3) is 0 Å². The summed E-state index contributed by atoms with van der Waals surface area (Å²) < 4.78 is 5.32. The molecule has 5 heteroatoms. The Hall–Kier alpha value is -1.91. The number of nitrogens with zero attached hydrogens (tertiary/aromatic N) is 1. The van der Waals surface area contributed by atoms with Crippen LogP contribution in [0.5, 0.6) is 5.75 Å². The van der Waals surface area contributed by atoms with Crippen molar-refractivity contribution >= 4 is 11.7 Å². The lowest BCUT2D eigenvalue weighted by atomic mass is 9.97. The highest BCUT2D eigenvalue weighted by molar-refractivity contribution is 5.74. The Morgan fingerprint density at radius 3 is 2.69 bits per heavy atom. The van der Waals surface area contributed by atoms with Gasteiger partial charge in [-0.05, 0) is 37.3 Å². The van der Waals surface area contributed by atoms with Gasteiger partial charge in [0.2, 0.25) is 0 Å². The zero-order valence-electron chi connectivity index (χ0n) is 16.0. The number of ether oxygens (including phenoxy) is 1. The maximum absolute atomic E-state index is 12.2. The van der Waals surface area contributed by atoms with Crippen molar-refractivity contribution in [2.45, 2.75) is 57.4 Å². The van der Waals surface area contributed by atoms with Crippen LogP contribution in [0.25, 0.3) is 0 Å². The summed E-state index contributed by atoms with van der Waals surface area (Å²) in [5.41, 5.74) is 1.20. The van der Waals surface area contributed by atoms with E-state index in [-0.39, 0.29) is 6.03 Å². The van der Waals surface area contributed by atoms with Gasteiger partial charge in [0.15, 0.2) is 0 Å². The van der Waals surface area contributed by atoms with Crippen LogP contribution in [0, 0.1) is 5.92 Å². The summed E-state index contributed by atoms with van der Waals surface area (Å²) in [5.74, 6) is 1.40. The molecule has 1 aliphatic heterocycles. The van der Waals surface area contributed by atoms with Crippen LogP contribution in [-0.2, 0) is 0 Å². The maximum atomic E-state index is 12.2. The van der Waals surface area contributed by atoms with Crippen molar-refractivity contribution in [2.24, 2.45) is 5.92 Å². The first-order valence-corrected chi connectivity index (χ1v) is 10.2. The number of urea groups is 1. The van der Waals surface area contributed by atoms with Crippen molar-refractivity contribution in [1.29, 1.82) is 0 Å². The first kappa shape index (κ1) is 18.9. The van der Waals surface area contributed by atoms with E-state index in [1.54, 1.807) is 7.11 Å². The molecule has 5 nitrogen and oxygen atoms in total. The Bertz CT molecular complexity index is 570. The number of hydrogen-bond acceptors (Lipinski definition) is 3. The fourth-order valence-corrected chi connectivity index (χ4v) is 4.11. The Balaban J connectivity index is 1.40. The number of anilines is 1. The second-order valence-electron chi connectivity index (χ2n) is 7.70. The minimum absolute atomic E-state index is 0.00963. The van der Waals surface area contributed by atoms with Gasteiger partial charge in [-0.25, -0.2) is 4.79 Å². The van der Waals surface area contributed by atoms with Gasteiger partial charge in [-0.15, -0.1) is 0 Å². The van der Waals surface area contributed by atoms with Crippen LogP contribution in [0.1, 0.15) is 51.4 Å². The number of carbonyl (C=O) groups excluding carboxylic acids is 1. The van der Waals surface area contributed by atoms with Crippen molar-refractivity contribution in [3.05, 3.63) is 24.3 Å². The summed E-state index contributed by atoms with van der Waals surface area (Å²) in [7, 11) is 1.70. The SMILES string of the molecule is COc1cccc(N2CCC(CNC(=O)NC3CCCCCCC3)C2)c1. The normalized spacial score (nSPS) is 21.7. The van der Waals surface area contributed by atoms with Crippen molar-refractivity contribution in [3.8, 4) is 5.75 Å². The average molecular weight is 360 g/mol. The van der Waals surface area contributed by atoms with Crippen molar-refractivity contribution in [2.75, 3.05) is 31.6 Å². The number of benzene rings is 1. The molecule has 1 aliphatic carbocycles. The smallest absolute Gasteiger partial charge is 0.315 e. The third-order valence-corrected chi connectivity index (χ3v) is 5.70. The number of carbonyl (C=O) groups is 1. The van der Waals surface area contributed by atoms with E-state index < -0.39 is 0 Å². The molecule has 2 aliphatic rings. The van der Waals surface area contributed by atoms with E-state index in [1.807, 2.05) is 12.1 Å². The molecular weight excluding hydrogens is 326 g/mol. The Labute approximate surface area is 157 Å². The highest BCUT2D eigenvalue weighted by atomic mass is 16.5. The van der Waals surface area contributed by atoms with Crippen molar-refractivity contribution < 1.29 is 9.53 Å². The van der Waals surface area contributed by atoms with Gasteiger partial charge in [0, 0.05) is 37.4 Å². The fraction of sp³-hybridized carbons (Fsp3) is 0.667. The van der Waals surface area contributed by atoms with Crippen LogP contribution in [0.4, 0.5) is 10.5 Å². The molecule has 1 heterocycles. The molecule has 1 unspecified atom stereocenters. The van der Waals surface area contributed by atoms with E-state index in [0.717, 1.165) is 44.6 Å². The lowest BCUT2D eigenvalue weighted by molar-refractivity contribution is 0.232. The summed E-state index contributed by atoms with van der Waals surface area (Å²) >= 11 is 0. The van der Waals surface area contributed by atoms with Gasteiger partial charge >= 0.3 is 6.03 Å². The topological polar surface area (TPSA) is 53.6 Å². The average Bonchev–Trinajstić information content (AvgIpc) is 3.11. The van der Waals surface area contributed by atoms with E-state index in [4.69, 9.17) is 4.74 Å². The number of amides is 2. The quantitative estimate of drug-likeness (QED) is 0.837. The molecule has 0 bridgehead atoms. The zero-order chi connectivity index (χ0) is 18.2. The minimum atomic E-state index is 0.00963. The van der Waals surface area contributed by atoms with Gasteiger partial charge in [-0.3, -0.25) is 0 Å². The first-order chi connectivity index (χ1) is 12.7. The van der Waals surface area contributed by atoms with Gasteiger partial charge in [0.1, 0.15) is 5.75 Å². The number of methoxy groups -OCH3 is 1. The molecule has 0 radical (unpaired) electrons. The van der Waals surface area contributed by atoms with E-state index >= 15 is 0 Å². The number of nitrogens with one attached hydrogen (secondary N) is 2. The van der Waals surface area contributed by atoms with Gasteiger partial charge < -0.3 is 20.3 Å². The summed E-state index contributed by atoms with van der Waals surface area (Å²) in [5, 5.41) is 6.29. The van der Waals surface area contributed by atoms with Gasteiger partial charge in [-0.2, -0.15) is 0 Å². The third-order valence-electron chi connectivity index (χ3n) is 5.70. The second kappa shape index (κ2) is 9.70. The largest absolute Gasteiger partial charge is 0.497 e. The van der Waals surface area contributed by atoms with Crippen LogP contribution in [-0.4, -0.2) is 38.8 Å². The predicted molar refractivity (Wildman–Crippen MR) is 106 cm³/mol. The van der Waals surface area contributed by atoms with Crippen molar-refractivity contribution in [1.82, 2.24) is 10.6 Å². The van der Waals surface area contributed by atoms with Crippen LogP contribution < -0.4 is 20.3 Å². The van der Waals surface area contributed by atoms with E-state index in [0.29, 0.717) is 12.0 Å². The Morgan fingerprint density at radius 1 is 1.15 bits per heavy atom. The molecular formula is C21H33N3O2. The molecule has 2 N–H and O–H groups in total. The molecule has 0 aromatic heterocycles. The predicted octanol–water partition coefficient (Wildman–Crippen LogP) is 3.93. The Kier molecular flexibility index (Phi) is 7.04. The summed E-state index contributed by atoms with van der Waals surface area (Å²) in [6, 6.07) is 8.57. The second-order valence-corrected chi connectivity index (χ2v) is 7.70. The lowest BCUT2D eigenvalue weighted by Gasteiger charge is -2.22. The van der Waals surface area contributed by atoms with Crippen LogP contribution in [0.2, 0.25) is 0 Å². The standard InChI is InChI=1S/C21H33N3O2/c1-26-20-11-7-10-19(14-20)24-13-12-17(16-24)15-22-21(25)23-18-8-5-3-2-4-6-9-18/h7,10-11,14,17-18H,2-6,8-9,12-13,15-16H2,1H3,(H2,22,23,25). The fourth-order valence-electron chi connectivity index (χ4n) is 4.11. The minimum Gasteiger partial charge on any atom is -0.497 e. The van der Waals surface area contributed by atoms with Crippen LogP contribution >= 0.6 is 0 Å². The molecule has 26 heavy (non-hydrogen) atoms. The Morgan fingerprint density at radius 2 is 1.92 bits per heavy atom. The molecule has 2 fully saturated rings. The molecule has 1 aromatic rings. The van der Waals surface area contributed by atoms with Gasteiger partial charge in [-0.1, -0.05) is 38.2 Å². The van der Waals surface area contributed by atoms with Gasteiger partial charge in [0.05, 0.1) is 7.11 Å². The zero-order valence-corrected chi connectivity index (χ0v) is 16.0. The van der Waals surface area contributed by atoms with E-state index in [2.05, 4.69) is 27.7 Å². The maximum Gasteiger partial charge on any atom is 0.315 e. The molecule has 1 atom stereocenters. The lowest BCUT2D eigenvalue weighted by Crippen LogP contribution is -2.44. The molecule has 1 aromatic carbocycles. The highest BCUT2D eigenvalue weighted by Crippen LogP contribution is 2.26. The third kappa shape index (κ3) is 5.55. The highest BCUT2D eigenvalue weighted by Gasteiger charge is 2.23. The molecule has 2 amide bonds. The molecule has 3 rings (SSSR count). The number of hydrogen-bond donors (Lipinski definition) is 2. The number of rotatable bonds is 5. The summed E-state index contributed by atoms with van der Waals surface area (Å²) in [6.45, 7) is 2.76. The molecule has 1 saturated heterocycles.